The van der Waals surface area contributed by atoms with E-state index in [1.54, 1.807) is 0 Å². The second kappa shape index (κ2) is 6.37. The molecule has 5 heteroatoms. The fraction of sp³-hybridized carbons (Fsp3) is 0.857. The molecule has 1 amide bonds. The number of carboxylic acid groups (broad SMARTS) is 1. The van der Waals surface area contributed by atoms with Crippen LogP contribution in [0.3, 0.4) is 0 Å². The third-order valence-corrected chi connectivity index (χ3v) is 4.43. The van der Waals surface area contributed by atoms with Crippen LogP contribution >= 0.6 is 0 Å². The summed E-state index contributed by atoms with van der Waals surface area (Å²) in [6, 6.07) is 0.571. The summed E-state index contributed by atoms with van der Waals surface area (Å²) < 4.78 is 0. The Bertz CT molecular complexity index is 332. The van der Waals surface area contributed by atoms with Gasteiger partial charge >= 0.3 is 5.97 Å². The van der Waals surface area contributed by atoms with Crippen molar-refractivity contribution in [3.8, 4) is 0 Å². The second-order valence-electron chi connectivity index (χ2n) is 5.87. The Kier molecular flexibility index (Phi) is 4.80. The number of unbranched alkanes of at least 4 members (excludes halogenated alkanes) is 1. The molecule has 108 valence electrons. The van der Waals surface area contributed by atoms with Crippen molar-refractivity contribution in [1.82, 2.24) is 4.90 Å². The van der Waals surface area contributed by atoms with Crippen LogP contribution < -0.4 is 5.73 Å². The van der Waals surface area contributed by atoms with Crippen LogP contribution in [0, 0.1) is 5.92 Å². The van der Waals surface area contributed by atoms with E-state index in [1.807, 2.05) is 0 Å². The van der Waals surface area contributed by atoms with Crippen LogP contribution in [0.1, 0.15) is 51.4 Å². The first-order valence-electron chi connectivity index (χ1n) is 7.34. The van der Waals surface area contributed by atoms with Crippen molar-refractivity contribution in [2.45, 2.75) is 63.5 Å². The molecule has 0 aliphatic carbocycles. The Morgan fingerprint density at radius 3 is 2.32 bits per heavy atom. The third kappa shape index (κ3) is 3.47. The highest BCUT2D eigenvalue weighted by atomic mass is 16.4. The Morgan fingerprint density at radius 1 is 1.16 bits per heavy atom. The molecule has 2 fully saturated rings. The van der Waals surface area contributed by atoms with E-state index >= 15 is 0 Å². The lowest BCUT2D eigenvalue weighted by atomic mass is 9.88. The average molecular weight is 268 g/mol. The molecule has 2 aliphatic rings. The van der Waals surface area contributed by atoms with Crippen molar-refractivity contribution in [3.63, 3.8) is 0 Å². The second-order valence-corrected chi connectivity index (χ2v) is 5.87. The van der Waals surface area contributed by atoms with Gasteiger partial charge in [0, 0.05) is 24.9 Å². The lowest BCUT2D eigenvalue weighted by molar-refractivity contribution is -0.140. The molecule has 2 rings (SSSR count). The highest BCUT2D eigenvalue weighted by Crippen LogP contribution is 2.40. The summed E-state index contributed by atoms with van der Waals surface area (Å²) in [6.45, 7) is 0.640. The van der Waals surface area contributed by atoms with E-state index in [9.17, 15) is 9.59 Å². The number of amides is 1. The molecule has 0 spiro atoms. The predicted molar refractivity (Wildman–Crippen MR) is 71.5 cm³/mol. The van der Waals surface area contributed by atoms with Gasteiger partial charge in [-0.05, 0) is 51.0 Å². The SMILES string of the molecule is NCCCCC(=O)N1C2CCC1CC(CC(=O)O)C2. The molecule has 0 radical (unpaired) electrons. The van der Waals surface area contributed by atoms with Crippen molar-refractivity contribution < 1.29 is 14.7 Å². The quantitative estimate of drug-likeness (QED) is 0.712. The maximum absolute atomic E-state index is 12.2. The predicted octanol–water partition coefficient (Wildman–Crippen LogP) is 1.36. The highest BCUT2D eigenvalue weighted by molar-refractivity contribution is 5.77. The van der Waals surface area contributed by atoms with Gasteiger partial charge in [0.2, 0.25) is 5.91 Å². The summed E-state index contributed by atoms with van der Waals surface area (Å²) in [5, 5.41) is 8.88. The van der Waals surface area contributed by atoms with Crippen LogP contribution in [-0.4, -0.2) is 40.5 Å². The standard InChI is InChI=1S/C14H24N2O3/c15-6-2-1-3-13(17)16-11-4-5-12(16)8-10(7-11)9-14(18)19/h10-12H,1-9,15H2,(H,18,19). The average Bonchev–Trinajstić information content (AvgIpc) is 2.61. The third-order valence-electron chi connectivity index (χ3n) is 4.43. The van der Waals surface area contributed by atoms with E-state index in [0.717, 1.165) is 38.5 Å². The van der Waals surface area contributed by atoms with E-state index in [-0.39, 0.29) is 30.3 Å². The molecule has 0 aromatic carbocycles. The molecule has 2 aliphatic heterocycles. The van der Waals surface area contributed by atoms with Gasteiger partial charge in [-0.25, -0.2) is 0 Å². The van der Waals surface area contributed by atoms with Crippen molar-refractivity contribution in [3.05, 3.63) is 0 Å². The number of hydrogen-bond acceptors (Lipinski definition) is 3. The van der Waals surface area contributed by atoms with Crippen molar-refractivity contribution in [2.24, 2.45) is 11.7 Å². The van der Waals surface area contributed by atoms with Gasteiger partial charge in [-0.3, -0.25) is 9.59 Å². The molecule has 0 saturated carbocycles. The summed E-state index contributed by atoms with van der Waals surface area (Å²) in [5.41, 5.74) is 5.44. The van der Waals surface area contributed by atoms with E-state index in [0.29, 0.717) is 13.0 Å². The Balaban J connectivity index is 1.88. The zero-order valence-electron chi connectivity index (χ0n) is 11.4. The minimum atomic E-state index is -0.716. The first-order valence-corrected chi connectivity index (χ1v) is 7.34. The maximum atomic E-state index is 12.2. The number of nitrogens with two attached hydrogens (primary N) is 1. The first-order chi connectivity index (χ1) is 9.11. The number of nitrogens with zero attached hydrogens (tertiary/aromatic N) is 1. The number of hydrogen-bond donors (Lipinski definition) is 2. The van der Waals surface area contributed by atoms with Crippen LogP contribution in [0.5, 0.6) is 0 Å². The molecule has 0 aromatic heterocycles. The van der Waals surface area contributed by atoms with Gasteiger partial charge in [0.15, 0.2) is 0 Å². The van der Waals surface area contributed by atoms with Gasteiger partial charge in [-0.2, -0.15) is 0 Å². The number of rotatable bonds is 6. The number of aliphatic carboxylic acids is 1. The number of carbonyl (C=O) groups is 2. The minimum absolute atomic E-state index is 0.245. The van der Waals surface area contributed by atoms with Crippen molar-refractivity contribution in [2.75, 3.05) is 6.54 Å². The summed E-state index contributed by atoms with van der Waals surface area (Å²) in [7, 11) is 0. The lowest BCUT2D eigenvalue weighted by Gasteiger charge is -2.38. The Labute approximate surface area is 114 Å². The van der Waals surface area contributed by atoms with E-state index in [2.05, 4.69) is 4.90 Å². The van der Waals surface area contributed by atoms with Gasteiger partial charge in [0.05, 0.1) is 0 Å². The fourth-order valence-corrected chi connectivity index (χ4v) is 3.66. The van der Waals surface area contributed by atoms with Crippen molar-refractivity contribution >= 4 is 11.9 Å². The molecular weight excluding hydrogens is 244 g/mol. The van der Waals surface area contributed by atoms with Crippen molar-refractivity contribution in [1.29, 1.82) is 0 Å². The number of carboxylic acids is 1. The summed E-state index contributed by atoms with van der Waals surface area (Å²) in [6.07, 6.45) is 6.43. The molecular formula is C14H24N2O3. The monoisotopic (exact) mass is 268 g/mol. The molecule has 2 unspecified atom stereocenters. The van der Waals surface area contributed by atoms with Crippen LogP contribution in [0.15, 0.2) is 0 Å². The molecule has 2 heterocycles. The van der Waals surface area contributed by atoms with E-state index in [1.165, 1.54) is 0 Å². The Morgan fingerprint density at radius 2 is 1.79 bits per heavy atom. The van der Waals surface area contributed by atoms with Gasteiger partial charge in [-0.15, -0.1) is 0 Å². The highest BCUT2D eigenvalue weighted by Gasteiger charge is 2.43. The largest absolute Gasteiger partial charge is 0.481 e. The van der Waals surface area contributed by atoms with Gasteiger partial charge < -0.3 is 15.7 Å². The molecule has 0 aromatic rings. The molecule has 2 bridgehead atoms. The molecule has 3 N–H and O–H groups in total. The topological polar surface area (TPSA) is 83.6 Å². The number of piperidine rings is 1. The normalized spacial score (nSPS) is 29.5. The fourth-order valence-electron chi connectivity index (χ4n) is 3.66. The van der Waals surface area contributed by atoms with E-state index < -0.39 is 5.97 Å². The first kappa shape index (κ1) is 14.3. The van der Waals surface area contributed by atoms with Gasteiger partial charge in [0.25, 0.3) is 0 Å². The summed E-state index contributed by atoms with van der Waals surface area (Å²) in [4.78, 5) is 25.1. The van der Waals surface area contributed by atoms with Crippen LogP contribution in [0.25, 0.3) is 0 Å². The summed E-state index contributed by atoms with van der Waals surface area (Å²) in [5.74, 6) is -0.218. The number of carbonyl (C=O) groups excluding carboxylic acids is 1. The smallest absolute Gasteiger partial charge is 0.303 e. The molecule has 2 saturated heterocycles. The van der Waals surface area contributed by atoms with Crippen LogP contribution in [-0.2, 0) is 9.59 Å². The molecule has 5 nitrogen and oxygen atoms in total. The lowest BCUT2D eigenvalue weighted by Crippen LogP contribution is -2.46. The molecule has 2 atom stereocenters. The van der Waals surface area contributed by atoms with Crippen LogP contribution in [0.4, 0.5) is 0 Å². The summed E-state index contributed by atoms with van der Waals surface area (Å²) >= 11 is 0. The zero-order chi connectivity index (χ0) is 13.8. The Hall–Kier alpha value is -1.10. The number of fused-ring (bicyclic) bond motifs is 2. The minimum Gasteiger partial charge on any atom is -0.481 e. The van der Waals surface area contributed by atoms with E-state index in [4.69, 9.17) is 10.8 Å². The van der Waals surface area contributed by atoms with Crippen LogP contribution in [0.2, 0.25) is 0 Å². The zero-order valence-corrected chi connectivity index (χ0v) is 11.4. The van der Waals surface area contributed by atoms with Gasteiger partial charge in [-0.1, -0.05) is 0 Å². The maximum Gasteiger partial charge on any atom is 0.303 e. The molecule has 19 heavy (non-hydrogen) atoms. The van der Waals surface area contributed by atoms with Gasteiger partial charge in [0.1, 0.15) is 0 Å².